The van der Waals surface area contributed by atoms with E-state index in [4.69, 9.17) is 10.5 Å². The normalized spacial score (nSPS) is 20.2. The molecule has 1 unspecified atom stereocenters. The number of morpholine rings is 1. The number of urea groups is 1. The summed E-state index contributed by atoms with van der Waals surface area (Å²) in [6, 6.07) is -0.492. The van der Waals surface area contributed by atoms with Gasteiger partial charge < -0.3 is 15.8 Å². The molecular formula is C9H19ClN4O3. The molecule has 1 aliphatic heterocycles. The maximum absolute atomic E-state index is 11.4. The van der Waals surface area contributed by atoms with Crippen LogP contribution in [0.1, 0.15) is 0 Å². The lowest BCUT2D eigenvalue weighted by molar-refractivity contribution is -0.123. The van der Waals surface area contributed by atoms with Crippen molar-refractivity contribution in [1.29, 1.82) is 0 Å². The Labute approximate surface area is 106 Å². The molecular weight excluding hydrogens is 248 g/mol. The molecule has 1 fully saturated rings. The number of rotatable bonds is 3. The van der Waals surface area contributed by atoms with Crippen LogP contribution in [0.2, 0.25) is 0 Å². The monoisotopic (exact) mass is 266 g/mol. The fraction of sp³-hybridized carbons (Fsp3) is 0.778. The Morgan fingerprint density at radius 1 is 1.53 bits per heavy atom. The number of amides is 3. The Hall–Kier alpha value is -0.890. The number of nitrogens with one attached hydrogen (secondary N) is 2. The molecule has 0 aromatic heterocycles. The molecule has 17 heavy (non-hydrogen) atoms. The molecule has 3 amide bonds. The highest BCUT2D eigenvalue weighted by molar-refractivity contribution is 5.95. The molecule has 0 aliphatic carbocycles. The van der Waals surface area contributed by atoms with Crippen molar-refractivity contribution in [2.45, 2.75) is 6.10 Å². The van der Waals surface area contributed by atoms with E-state index in [0.29, 0.717) is 26.2 Å². The van der Waals surface area contributed by atoms with Gasteiger partial charge in [0.25, 0.3) is 0 Å². The van der Waals surface area contributed by atoms with Crippen LogP contribution >= 0.6 is 12.4 Å². The van der Waals surface area contributed by atoms with Crippen molar-refractivity contribution in [3.63, 3.8) is 0 Å². The molecule has 1 saturated heterocycles. The van der Waals surface area contributed by atoms with Gasteiger partial charge in [-0.25, -0.2) is 4.79 Å². The first-order valence-corrected chi connectivity index (χ1v) is 5.21. The molecule has 1 atom stereocenters. The summed E-state index contributed by atoms with van der Waals surface area (Å²) in [4.78, 5) is 24.2. The lowest BCUT2D eigenvalue weighted by atomic mass is 10.2. The van der Waals surface area contributed by atoms with E-state index >= 15 is 0 Å². The highest BCUT2D eigenvalue weighted by atomic mass is 35.5. The molecule has 0 aromatic rings. The van der Waals surface area contributed by atoms with Crippen molar-refractivity contribution < 1.29 is 14.3 Å². The van der Waals surface area contributed by atoms with Gasteiger partial charge in [-0.05, 0) is 0 Å². The summed E-state index contributed by atoms with van der Waals surface area (Å²) in [5.41, 5.74) is 5.48. The Kier molecular flexibility index (Phi) is 7.81. The van der Waals surface area contributed by atoms with E-state index in [-0.39, 0.29) is 31.0 Å². The van der Waals surface area contributed by atoms with E-state index in [9.17, 15) is 9.59 Å². The minimum atomic E-state index is -0.492. The summed E-state index contributed by atoms with van der Waals surface area (Å²) in [7, 11) is 1.46. The van der Waals surface area contributed by atoms with Crippen molar-refractivity contribution in [3.8, 4) is 0 Å². The maximum atomic E-state index is 11.4. The molecule has 1 rings (SSSR count). The van der Waals surface area contributed by atoms with Crippen LogP contribution in [-0.2, 0) is 9.53 Å². The molecule has 0 radical (unpaired) electrons. The van der Waals surface area contributed by atoms with Crippen LogP contribution in [0.4, 0.5) is 4.79 Å². The van der Waals surface area contributed by atoms with Gasteiger partial charge in [-0.15, -0.1) is 12.4 Å². The number of hydrogen-bond donors (Lipinski definition) is 3. The van der Waals surface area contributed by atoms with E-state index < -0.39 is 6.03 Å². The fourth-order valence-electron chi connectivity index (χ4n) is 1.50. The van der Waals surface area contributed by atoms with E-state index in [1.54, 1.807) is 0 Å². The smallest absolute Gasteiger partial charge is 0.321 e. The predicted octanol–water partition coefficient (Wildman–Crippen LogP) is -1.48. The summed E-state index contributed by atoms with van der Waals surface area (Å²) in [5.74, 6) is -0.322. The topological polar surface area (TPSA) is 96.7 Å². The summed E-state index contributed by atoms with van der Waals surface area (Å²) in [5, 5.41) is 4.53. The second kappa shape index (κ2) is 8.24. The molecule has 1 aliphatic rings. The Morgan fingerprint density at radius 2 is 2.24 bits per heavy atom. The number of hydrogen-bond acceptors (Lipinski definition) is 5. The highest BCUT2D eigenvalue weighted by Gasteiger charge is 2.21. The summed E-state index contributed by atoms with van der Waals surface area (Å²) in [6.07, 6.45) is -0.0263. The van der Waals surface area contributed by atoms with E-state index in [1.165, 1.54) is 7.05 Å². The Balaban J connectivity index is 0.00000256. The van der Waals surface area contributed by atoms with Gasteiger partial charge >= 0.3 is 6.03 Å². The van der Waals surface area contributed by atoms with Crippen LogP contribution < -0.4 is 16.4 Å². The van der Waals surface area contributed by atoms with Gasteiger partial charge in [0.2, 0.25) is 5.91 Å². The highest BCUT2D eigenvalue weighted by Crippen LogP contribution is 2.02. The van der Waals surface area contributed by atoms with Gasteiger partial charge in [0, 0.05) is 26.7 Å². The van der Waals surface area contributed by atoms with Gasteiger partial charge in [-0.3, -0.25) is 15.0 Å². The van der Waals surface area contributed by atoms with Crippen molar-refractivity contribution in [1.82, 2.24) is 15.5 Å². The molecule has 7 nitrogen and oxygen atoms in total. The first-order chi connectivity index (χ1) is 7.65. The number of imide groups is 1. The molecule has 4 N–H and O–H groups in total. The van der Waals surface area contributed by atoms with Gasteiger partial charge in [0.05, 0.1) is 19.3 Å². The number of ether oxygens (including phenoxy) is 1. The Morgan fingerprint density at radius 3 is 2.82 bits per heavy atom. The third-order valence-corrected chi connectivity index (χ3v) is 2.33. The minimum absolute atomic E-state index is 0. The zero-order valence-corrected chi connectivity index (χ0v) is 10.6. The average molecular weight is 267 g/mol. The van der Waals surface area contributed by atoms with Crippen LogP contribution in [-0.4, -0.2) is 62.8 Å². The summed E-state index contributed by atoms with van der Waals surface area (Å²) < 4.78 is 5.36. The van der Waals surface area contributed by atoms with E-state index in [0.717, 1.165) is 0 Å². The second-order valence-electron chi connectivity index (χ2n) is 3.59. The first-order valence-electron chi connectivity index (χ1n) is 5.21. The van der Waals surface area contributed by atoms with Gasteiger partial charge in [0.1, 0.15) is 0 Å². The van der Waals surface area contributed by atoms with Crippen LogP contribution in [0.3, 0.4) is 0 Å². The fourth-order valence-corrected chi connectivity index (χ4v) is 1.50. The zero-order valence-electron chi connectivity index (χ0n) is 9.77. The predicted molar refractivity (Wildman–Crippen MR) is 65.1 cm³/mol. The molecule has 8 heteroatoms. The maximum Gasteiger partial charge on any atom is 0.321 e. The summed E-state index contributed by atoms with van der Waals surface area (Å²) >= 11 is 0. The van der Waals surface area contributed by atoms with Crippen LogP contribution in [0.5, 0.6) is 0 Å². The number of carbonyl (C=O) groups excluding carboxylic acids is 2. The first kappa shape index (κ1) is 16.1. The lowest BCUT2D eigenvalue weighted by Crippen LogP contribution is -2.50. The molecule has 0 saturated carbocycles. The molecule has 100 valence electrons. The van der Waals surface area contributed by atoms with Crippen molar-refractivity contribution in [3.05, 3.63) is 0 Å². The zero-order chi connectivity index (χ0) is 12.0. The minimum Gasteiger partial charge on any atom is -0.374 e. The van der Waals surface area contributed by atoms with Gasteiger partial charge in [-0.2, -0.15) is 0 Å². The van der Waals surface area contributed by atoms with Gasteiger partial charge in [-0.1, -0.05) is 0 Å². The lowest BCUT2D eigenvalue weighted by Gasteiger charge is -2.31. The molecule has 0 bridgehead atoms. The molecule has 1 heterocycles. The number of carbonyl (C=O) groups is 2. The van der Waals surface area contributed by atoms with E-state index in [2.05, 4.69) is 10.6 Å². The second-order valence-corrected chi connectivity index (χ2v) is 3.59. The summed E-state index contributed by atoms with van der Waals surface area (Å²) in [6.45, 7) is 2.49. The molecule has 0 aromatic carbocycles. The number of nitrogens with two attached hydrogens (primary N) is 1. The van der Waals surface area contributed by atoms with Gasteiger partial charge in [0.15, 0.2) is 0 Å². The quantitative estimate of drug-likeness (QED) is 0.579. The van der Waals surface area contributed by atoms with Crippen molar-refractivity contribution in [2.75, 3.05) is 39.8 Å². The standard InChI is InChI=1S/C9H18N4O3.ClH/c1-11-9(15)12-8(14)6-13-2-3-16-7(4-10)5-13;/h7H,2-6,10H2,1H3,(H2,11,12,14,15);1H. The Bertz CT molecular complexity index is 265. The number of nitrogens with zero attached hydrogens (tertiary/aromatic N) is 1. The molecule has 0 spiro atoms. The third-order valence-electron chi connectivity index (χ3n) is 2.33. The van der Waals surface area contributed by atoms with Crippen LogP contribution in [0.25, 0.3) is 0 Å². The van der Waals surface area contributed by atoms with E-state index in [1.807, 2.05) is 4.90 Å². The number of halogens is 1. The van der Waals surface area contributed by atoms with Crippen molar-refractivity contribution in [2.24, 2.45) is 5.73 Å². The average Bonchev–Trinajstić information content (AvgIpc) is 2.28. The third kappa shape index (κ3) is 5.83. The van der Waals surface area contributed by atoms with Crippen LogP contribution in [0, 0.1) is 0 Å². The largest absolute Gasteiger partial charge is 0.374 e. The van der Waals surface area contributed by atoms with Crippen molar-refractivity contribution >= 4 is 24.3 Å². The van der Waals surface area contributed by atoms with Crippen LogP contribution in [0.15, 0.2) is 0 Å². The SMILES string of the molecule is CNC(=O)NC(=O)CN1CCOC(CN)C1.Cl.